The predicted molar refractivity (Wildman–Crippen MR) is 82.3 cm³/mol. The Morgan fingerprint density at radius 3 is 2.45 bits per heavy atom. The molecule has 2 aromatic rings. The molecule has 2 rings (SSSR count). The molecule has 0 saturated heterocycles. The summed E-state index contributed by atoms with van der Waals surface area (Å²) >= 11 is 0. The molecule has 0 radical (unpaired) electrons. The molecule has 0 unspecified atom stereocenters. The van der Waals surface area contributed by atoms with Gasteiger partial charge in [-0.3, -0.25) is 0 Å². The lowest BCUT2D eigenvalue weighted by Crippen LogP contribution is -2.16. The number of ether oxygens (including phenoxy) is 1. The van der Waals surface area contributed by atoms with Crippen LogP contribution in [0.2, 0.25) is 0 Å². The van der Waals surface area contributed by atoms with E-state index in [4.69, 9.17) is 4.18 Å². The fourth-order valence-corrected chi connectivity index (χ4v) is 2.83. The molecule has 0 N–H and O–H groups in total. The summed E-state index contributed by atoms with van der Waals surface area (Å²) in [5, 5.41) is 0. The zero-order chi connectivity index (χ0) is 16.0. The van der Waals surface area contributed by atoms with Gasteiger partial charge in [-0.15, -0.1) is 0 Å². The van der Waals surface area contributed by atoms with Crippen LogP contribution in [0, 0.1) is 0 Å². The van der Waals surface area contributed by atoms with Crippen LogP contribution in [0.1, 0.15) is 15.9 Å². The van der Waals surface area contributed by atoms with Gasteiger partial charge in [-0.25, -0.2) is 4.79 Å². The van der Waals surface area contributed by atoms with Gasteiger partial charge in [0.25, 0.3) is 0 Å². The first-order valence-corrected chi connectivity index (χ1v) is 8.22. The van der Waals surface area contributed by atoms with Gasteiger partial charge in [-0.2, -0.15) is 8.42 Å². The highest BCUT2D eigenvalue weighted by Gasteiger charge is 2.14. The van der Waals surface area contributed by atoms with Crippen LogP contribution < -0.4 is 4.18 Å². The molecule has 0 aliphatic heterocycles. The second-order valence-electron chi connectivity index (χ2n) is 4.60. The minimum absolute atomic E-state index is 0.0935. The van der Waals surface area contributed by atoms with E-state index in [-0.39, 0.29) is 17.1 Å². The second kappa shape index (κ2) is 7.09. The van der Waals surface area contributed by atoms with E-state index in [9.17, 15) is 13.2 Å². The summed E-state index contributed by atoms with van der Waals surface area (Å²) in [6, 6.07) is 15.2. The summed E-state index contributed by atoms with van der Waals surface area (Å²) in [6.07, 6.45) is 0.361. The number of esters is 1. The standard InChI is InChI=1S/C16H16O5S/c1-20-16(17)14-8-5-9-15(12-14)21-22(18,19)11-10-13-6-3-2-4-7-13/h2-9,12H,10-11H2,1H3. The number of hydrogen-bond donors (Lipinski definition) is 0. The molecule has 0 amide bonds. The van der Waals surface area contributed by atoms with Crippen molar-refractivity contribution in [3.63, 3.8) is 0 Å². The van der Waals surface area contributed by atoms with Gasteiger partial charge in [-0.1, -0.05) is 36.4 Å². The Hall–Kier alpha value is -2.34. The Morgan fingerprint density at radius 2 is 1.77 bits per heavy atom. The quantitative estimate of drug-likeness (QED) is 0.604. The van der Waals surface area contributed by atoms with Gasteiger partial charge in [0.1, 0.15) is 5.75 Å². The van der Waals surface area contributed by atoms with Crippen molar-refractivity contribution >= 4 is 16.1 Å². The van der Waals surface area contributed by atoms with E-state index in [0.29, 0.717) is 6.42 Å². The van der Waals surface area contributed by atoms with Gasteiger partial charge in [0.05, 0.1) is 18.4 Å². The number of hydrogen-bond acceptors (Lipinski definition) is 5. The second-order valence-corrected chi connectivity index (χ2v) is 6.29. The summed E-state index contributed by atoms with van der Waals surface area (Å²) in [6.45, 7) is 0. The van der Waals surface area contributed by atoms with Crippen molar-refractivity contribution in [2.75, 3.05) is 12.9 Å². The summed E-state index contributed by atoms with van der Waals surface area (Å²) in [4.78, 5) is 11.4. The highest BCUT2D eigenvalue weighted by molar-refractivity contribution is 7.87. The van der Waals surface area contributed by atoms with E-state index < -0.39 is 16.1 Å². The maximum absolute atomic E-state index is 12.0. The van der Waals surface area contributed by atoms with Crippen LogP contribution in [0.25, 0.3) is 0 Å². The molecule has 0 aliphatic rings. The van der Waals surface area contributed by atoms with Crippen LogP contribution in [0.3, 0.4) is 0 Å². The van der Waals surface area contributed by atoms with Crippen molar-refractivity contribution in [1.29, 1.82) is 0 Å². The third kappa shape index (κ3) is 4.60. The largest absolute Gasteiger partial charge is 0.465 e. The highest BCUT2D eigenvalue weighted by atomic mass is 32.2. The minimum atomic E-state index is -3.73. The minimum Gasteiger partial charge on any atom is -0.465 e. The molecule has 0 fully saturated rings. The molecule has 5 nitrogen and oxygen atoms in total. The Labute approximate surface area is 129 Å². The van der Waals surface area contributed by atoms with Gasteiger partial charge in [0.2, 0.25) is 0 Å². The third-order valence-corrected chi connectivity index (χ3v) is 4.11. The molecule has 0 saturated carbocycles. The maximum atomic E-state index is 12.0. The van der Waals surface area contributed by atoms with E-state index >= 15 is 0 Å². The number of rotatable bonds is 6. The first-order valence-electron chi connectivity index (χ1n) is 6.64. The number of aryl methyl sites for hydroxylation is 1. The average Bonchev–Trinajstić information content (AvgIpc) is 2.53. The normalized spacial score (nSPS) is 11.0. The topological polar surface area (TPSA) is 69.7 Å². The van der Waals surface area contributed by atoms with Crippen LogP contribution in [0.5, 0.6) is 5.75 Å². The van der Waals surface area contributed by atoms with Gasteiger partial charge in [-0.05, 0) is 30.2 Å². The highest BCUT2D eigenvalue weighted by Crippen LogP contribution is 2.17. The van der Waals surface area contributed by atoms with Crippen LogP contribution in [0.15, 0.2) is 54.6 Å². The van der Waals surface area contributed by atoms with E-state index in [1.54, 1.807) is 0 Å². The van der Waals surface area contributed by atoms with Crippen molar-refractivity contribution in [2.24, 2.45) is 0 Å². The van der Waals surface area contributed by atoms with Crippen molar-refractivity contribution in [1.82, 2.24) is 0 Å². The molecule has 22 heavy (non-hydrogen) atoms. The van der Waals surface area contributed by atoms with Crippen molar-refractivity contribution in [3.8, 4) is 5.75 Å². The number of carbonyl (C=O) groups is 1. The van der Waals surface area contributed by atoms with Crippen molar-refractivity contribution in [2.45, 2.75) is 6.42 Å². The van der Waals surface area contributed by atoms with Gasteiger partial charge >= 0.3 is 16.1 Å². The first-order chi connectivity index (χ1) is 10.5. The molecule has 0 aliphatic carbocycles. The molecule has 0 spiro atoms. The van der Waals surface area contributed by atoms with E-state index in [0.717, 1.165) is 5.56 Å². The van der Waals surface area contributed by atoms with Gasteiger partial charge in [0, 0.05) is 0 Å². The fraction of sp³-hybridized carbons (Fsp3) is 0.188. The lowest BCUT2D eigenvalue weighted by atomic mass is 10.2. The van der Waals surface area contributed by atoms with Crippen LogP contribution >= 0.6 is 0 Å². The summed E-state index contributed by atoms with van der Waals surface area (Å²) < 4.78 is 33.6. The van der Waals surface area contributed by atoms with Crippen LogP contribution in [-0.2, 0) is 21.3 Å². The summed E-state index contributed by atoms with van der Waals surface area (Å²) in [5.41, 5.74) is 1.15. The van der Waals surface area contributed by atoms with Gasteiger partial charge in [0.15, 0.2) is 0 Å². The molecule has 0 aromatic heterocycles. The molecule has 2 aromatic carbocycles. The third-order valence-electron chi connectivity index (χ3n) is 2.96. The molecule has 0 atom stereocenters. The zero-order valence-corrected chi connectivity index (χ0v) is 12.9. The zero-order valence-electron chi connectivity index (χ0n) is 12.1. The number of benzene rings is 2. The Morgan fingerprint density at radius 1 is 1.05 bits per heavy atom. The lowest BCUT2D eigenvalue weighted by molar-refractivity contribution is 0.0600. The Bertz CT molecular complexity index is 738. The fourth-order valence-electron chi connectivity index (χ4n) is 1.87. The molecule has 6 heteroatoms. The van der Waals surface area contributed by atoms with Crippen molar-refractivity contribution < 1.29 is 22.1 Å². The lowest BCUT2D eigenvalue weighted by Gasteiger charge is -2.08. The van der Waals surface area contributed by atoms with E-state index in [1.807, 2.05) is 30.3 Å². The monoisotopic (exact) mass is 320 g/mol. The average molecular weight is 320 g/mol. The SMILES string of the molecule is COC(=O)c1cccc(OS(=O)(=O)CCc2ccccc2)c1. The molecule has 116 valence electrons. The molecular weight excluding hydrogens is 304 g/mol. The molecule has 0 heterocycles. The summed E-state index contributed by atoms with van der Waals surface area (Å²) in [5.74, 6) is -0.595. The smallest absolute Gasteiger partial charge is 0.337 e. The van der Waals surface area contributed by atoms with E-state index in [1.165, 1.54) is 31.4 Å². The molecule has 0 bridgehead atoms. The predicted octanol–water partition coefficient (Wildman–Crippen LogP) is 2.42. The van der Waals surface area contributed by atoms with E-state index in [2.05, 4.69) is 4.74 Å². The molecular formula is C16H16O5S. The summed E-state index contributed by atoms with van der Waals surface area (Å²) in [7, 11) is -2.48. The van der Waals surface area contributed by atoms with Gasteiger partial charge < -0.3 is 8.92 Å². The number of methoxy groups -OCH3 is 1. The Kier molecular flexibility index (Phi) is 5.16. The maximum Gasteiger partial charge on any atom is 0.337 e. The Balaban J connectivity index is 2.04. The number of carbonyl (C=O) groups excluding carboxylic acids is 1. The van der Waals surface area contributed by atoms with Crippen LogP contribution in [-0.4, -0.2) is 27.2 Å². The van der Waals surface area contributed by atoms with Crippen LogP contribution in [0.4, 0.5) is 0 Å². The first kappa shape index (κ1) is 16.0. The van der Waals surface area contributed by atoms with Crippen molar-refractivity contribution in [3.05, 3.63) is 65.7 Å².